The Hall–Kier alpha value is 1.09. The van der Waals surface area contributed by atoms with Crippen molar-refractivity contribution in [2.45, 2.75) is 23.7 Å². The number of hydrogen-bond donors (Lipinski definition) is 0. The topological polar surface area (TPSA) is 0 Å². The van der Waals surface area contributed by atoms with Gasteiger partial charge in [0.1, 0.15) is 0 Å². The second-order valence-corrected chi connectivity index (χ2v) is 6.72. The Morgan fingerprint density at radius 3 is 0.700 bits per heavy atom. The van der Waals surface area contributed by atoms with Crippen LogP contribution in [0.1, 0.15) is 0 Å². The van der Waals surface area contributed by atoms with Crippen LogP contribution in [0.3, 0.4) is 0 Å². The Morgan fingerprint density at radius 1 is 0.450 bits per heavy atom. The summed E-state index contributed by atoms with van der Waals surface area (Å²) in [5.41, 5.74) is -17.7. The molecule has 0 bridgehead atoms. The second-order valence-electron chi connectivity index (χ2n) is 3.25. The smallest absolute Gasteiger partial charge is 1.00 e. The van der Waals surface area contributed by atoms with Gasteiger partial charge in [-0.15, -0.1) is 0 Å². The van der Waals surface area contributed by atoms with E-state index in [-0.39, 0.29) is 51.4 Å². The molecule has 0 unspecified atom stereocenters. The molecule has 0 nitrogen and oxygen atoms in total. The van der Waals surface area contributed by atoms with Gasteiger partial charge in [0.25, 0.3) is 0 Å². The van der Waals surface area contributed by atoms with Crippen LogP contribution in [0.4, 0.5) is 60.7 Å². The van der Waals surface area contributed by atoms with Gasteiger partial charge in [0, 0.05) is 0 Å². The molecule has 0 N–H and O–H groups in total. The molecule has 16 heteroatoms. The van der Waals surface area contributed by atoms with Gasteiger partial charge in [-0.05, 0) is 0 Å². The molecule has 0 amide bonds. The van der Waals surface area contributed by atoms with E-state index < -0.39 is 30.9 Å². The largest absolute Gasteiger partial charge is 1.00 e. The number of rotatable bonds is 2. The van der Waals surface area contributed by atoms with Gasteiger partial charge < -0.3 is 0 Å². The average Bonchev–Trinajstić information content (AvgIpc) is 1.96. The molecule has 120 valence electrons. The summed E-state index contributed by atoms with van der Waals surface area (Å²) in [6.45, 7) is 0. The second kappa shape index (κ2) is 4.55. The number of hydrogen-bond acceptors (Lipinski definition) is 0. The zero-order valence-corrected chi connectivity index (χ0v) is 12.8. The van der Waals surface area contributed by atoms with Gasteiger partial charge in [0.05, 0.1) is 0 Å². The molecule has 0 aliphatic carbocycles. The minimum absolute atomic E-state index is 0. The Kier molecular flexibility index (Phi) is 5.32. The fourth-order valence-corrected chi connectivity index (χ4v) is 2.06. The first-order valence-electron chi connectivity index (χ1n) is 3.51. The van der Waals surface area contributed by atoms with E-state index in [4.69, 9.17) is 0 Å². The van der Waals surface area contributed by atoms with Crippen molar-refractivity contribution in [2.75, 3.05) is 0 Å². The van der Waals surface area contributed by atoms with E-state index in [0.29, 0.717) is 0 Å². The van der Waals surface area contributed by atoms with Crippen molar-refractivity contribution >= 4 is 7.19 Å². The van der Waals surface area contributed by atoms with Crippen LogP contribution < -0.4 is 51.4 Å². The first kappa shape index (κ1) is 23.4. The maximum atomic E-state index is 12.2. The molecule has 0 saturated heterocycles. The standard InChI is InChI=1S/C4F14P.K/c5-1(6,7)3(11,12)19(15,16,17,18)4(13,14)2(8,9)10;/q-1;+1. The van der Waals surface area contributed by atoms with E-state index in [1.54, 1.807) is 0 Å². The number of alkyl halides is 10. The summed E-state index contributed by atoms with van der Waals surface area (Å²) >= 11 is 0. The normalized spacial score (nSPS) is 18.9. The van der Waals surface area contributed by atoms with E-state index in [2.05, 4.69) is 0 Å². The van der Waals surface area contributed by atoms with Crippen LogP contribution in [0.15, 0.2) is 0 Å². The van der Waals surface area contributed by atoms with Gasteiger partial charge in [-0.3, -0.25) is 0 Å². The predicted octanol–water partition coefficient (Wildman–Crippen LogP) is 2.93. The molecule has 0 aromatic carbocycles. The van der Waals surface area contributed by atoms with Crippen LogP contribution in [0.5, 0.6) is 0 Å². The molecular weight excluding hydrogens is 384 g/mol. The maximum absolute atomic E-state index is 13.6. The van der Waals surface area contributed by atoms with E-state index in [1.807, 2.05) is 0 Å². The van der Waals surface area contributed by atoms with E-state index >= 15 is 0 Å². The SMILES string of the molecule is FC(F)(F)C(F)(F)[P-](F)(F)(F)(F)C(F)(F)C(F)(F)F.[K+]. The van der Waals surface area contributed by atoms with E-state index in [0.717, 1.165) is 0 Å². The molecule has 0 saturated carbocycles. The summed E-state index contributed by atoms with van der Waals surface area (Å²) in [6, 6.07) is 0. The van der Waals surface area contributed by atoms with Crippen molar-refractivity contribution in [3.63, 3.8) is 0 Å². The average molecular weight is 384 g/mol. The molecule has 0 spiro atoms. The van der Waals surface area contributed by atoms with Crippen molar-refractivity contribution in [3.8, 4) is 0 Å². The summed E-state index contributed by atoms with van der Waals surface area (Å²) in [5.74, 6) is 0. The van der Waals surface area contributed by atoms with Crippen LogP contribution in [0.2, 0.25) is 0 Å². The summed E-state index contributed by atoms with van der Waals surface area (Å²) in [7, 11) is -13.6. The summed E-state index contributed by atoms with van der Waals surface area (Å²) in [6.07, 6.45) is -16.0. The minimum atomic E-state index is -13.6. The van der Waals surface area contributed by atoms with Crippen molar-refractivity contribution in [3.05, 3.63) is 0 Å². The maximum Gasteiger partial charge on any atom is 1.00 e. The quantitative estimate of drug-likeness (QED) is 0.390. The van der Waals surface area contributed by atoms with E-state index in [9.17, 15) is 60.7 Å². The fourth-order valence-electron chi connectivity index (χ4n) is 0.686. The Labute approximate surface area is 142 Å². The summed E-state index contributed by atoms with van der Waals surface area (Å²) in [4.78, 5) is 0. The molecule has 0 heterocycles. The molecule has 0 aromatic heterocycles. The molecule has 0 aliphatic heterocycles. The van der Waals surface area contributed by atoms with E-state index in [1.165, 1.54) is 0 Å². The first-order valence-corrected chi connectivity index (χ1v) is 5.76. The van der Waals surface area contributed by atoms with Gasteiger partial charge >= 0.3 is 143 Å². The van der Waals surface area contributed by atoms with Crippen LogP contribution in [0, 0.1) is 0 Å². The summed E-state index contributed by atoms with van der Waals surface area (Å²) in [5, 5.41) is 0. The fraction of sp³-hybridized carbons (Fsp3) is 1.00. The Morgan fingerprint density at radius 2 is 0.600 bits per heavy atom. The van der Waals surface area contributed by atoms with Crippen LogP contribution in [-0.2, 0) is 0 Å². The molecular formula is C4F14KP. The molecule has 0 fully saturated rings. The van der Waals surface area contributed by atoms with Gasteiger partial charge in [-0.2, -0.15) is 0 Å². The van der Waals surface area contributed by atoms with Crippen molar-refractivity contribution in [1.29, 1.82) is 0 Å². The zero-order valence-electron chi connectivity index (χ0n) is 8.74. The first-order chi connectivity index (χ1) is 7.54. The minimum Gasteiger partial charge on any atom is 1.00 e. The number of halogens is 14. The van der Waals surface area contributed by atoms with Crippen LogP contribution >= 0.6 is 7.19 Å². The molecule has 0 aromatic rings. The summed E-state index contributed by atoms with van der Waals surface area (Å²) < 4.78 is 165. The Balaban J connectivity index is 0. The molecule has 0 aliphatic rings. The third-order valence-electron chi connectivity index (χ3n) is 1.81. The van der Waals surface area contributed by atoms with Gasteiger partial charge in [-0.25, -0.2) is 0 Å². The zero-order chi connectivity index (χ0) is 16.4. The molecule has 20 heavy (non-hydrogen) atoms. The van der Waals surface area contributed by atoms with Gasteiger partial charge in [0.2, 0.25) is 0 Å². The van der Waals surface area contributed by atoms with Crippen LogP contribution in [-0.4, -0.2) is 23.7 Å². The monoisotopic (exact) mass is 384 g/mol. The van der Waals surface area contributed by atoms with Crippen molar-refractivity contribution < 1.29 is 112 Å². The molecule has 0 rings (SSSR count). The predicted molar refractivity (Wildman–Crippen MR) is 33.4 cm³/mol. The Bertz CT molecular complexity index is 347. The molecule has 0 atom stereocenters. The third kappa shape index (κ3) is 2.59. The van der Waals surface area contributed by atoms with Crippen LogP contribution in [0.25, 0.3) is 0 Å². The molecule has 0 radical (unpaired) electrons. The van der Waals surface area contributed by atoms with Gasteiger partial charge in [-0.1, -0.05) is 0 Å². The third-order valence-corrected chi connectivity index (χ3v) is 4.58. The van der Waals surface area contributed by atoms with Crippen molar-refractivity contribution in [1.82, 2.24) is 0 Å². The van der Waals surface area contributed by atoms with Gasteiger partial charge in [0.15, 0.2) is 0 Å². The van der Waals surface area contributed by atoms with Crippen molar-refractivity contribution in [2.24, 2.45) is 0 Å².